The first-order valence-electron chi connectivity index (χ1n) is 6.33. The quantitative estimate of drug-likeness (QED) is 0.831. The lowest BCUT2D eigenvalue weighted by Gasteiger charge is -2.22. The van der Waals surface area contributed by atoms with Gasteiger partial charge in [-0.15, -0.1) is 11.8 Å². The van der Waals surface area contributed by atoms with Crippen molar-refractivity contribution in [2.75, 3.05) is 18.8 Å². The summed E-state index contributed by atoms with van der Waals surface area (Å²) in [6, 6.07) is 9.95. The zero-order valence-corrected chi connectivity index (χ0v) is 11.4. The second-order valence-electron chi connectivity index (χ2n) is 4.75. The van der Waals surface area contributed by atoms with Crippen molar-refractivity contribution >= 4 is 17.7 Å². The number of rotatable bonds is 5. The summed E-state index contributed by atoms with van der Waals surface area (Å²) >= 11 is 1.79. The highest BCUT2D eigenvalue weighted by atomic mass is 32.2. The molecule has 18 heavy (non-hydrogen) atoms. The van der Waals surface area contributed by atoms with Crippen molar-refractivity contribution in [1.82, 2.24) is 4.90 Å². The molecule has 1 aromatic rings. The highest BCUT2D eigenvalue weighted by molar-refractivity contribution is 7.99. The van der Waals surface area contributed by atoms with Crippen molar-refractivity contribution in [3.8, 4) is 0 Å². The summed E-state index contributed by atoms with van der Waals surface area (Å²) < 4.78 is 0. The Hall–Kier alpha value is -1.00. The molecular formula is C14H19NO2S. The highest BCUT2D eigenvalue weighted by Gasteiger charge is 2.35. The summed E-state index contributed by atoms with van der Waals surface area (Å²) in [6.45, 7) is 3.79. The summed E-state index contributed by atoms with van der Waals surface area (Å²) in [4.78, 5) is 14.6. The Morgan fingerprint density at radius 2 is 2.17 bits per heavy atom. The molecule has 1 aromatic carbocycles. The van der Waals surface area contributed by atoms with Gasteiger partial charge < -0.3 is 5.11 Å². The first-order chi connectivity index (χ1) is 8.68. The van der Waals surface area contributed by atoms with Crippen molar-refractivity contribution in [3.63, 3.8) is 0 Å². The van der Waals surface area contributed by atoms with Crippen LogP contribution < -0.4 is 0 Å². The van der Waals surface area contributed by atoms with E-state index in [0.717, 1.165) is 25.3 Å². The van der Waals surface area contributed by atoms with Crippen LogP contribution in [0.5, 0.6) is 0 Å². The molecule has 0 spiro atoms. The maximum Gasteiger partial charge on any atom is 0.321 e. The zero-order chi connectivity index (χ0) is 13.0. The Balaban J connectivity index is 1.81. The fraction of sp³-hybridized carbons (Fsp3) is 0.500. The summed E-state index contributed by atoms with van der Waals surface area (Å²) in [5, 5.41) is 9.22. The molecule has 1 fully saturated rings. The monoisotopic (exact) mass is 265 g/mol. The number of aliphatic carboxylic acids is 1. The molecule has 0 aliphatic carbocycles. The molecule has 2 rings (SSSR count). The summed E-state index contributed by atoms with van der Waals surface area (Å²) in [6.07, 6.45) is 0.993. The largest absolute Gasteiger partial charge is 0.480 e. The lowest BCUT2D eigenvalue weighted by atomic mass is 10.0. The van der Waals surface area contributed by atoms with E-state index in [1.54, 1.807) is 11.8 Å². The average Bonchev–Trinajstić information content (AvgIpc) is 2.72. The molecule has 98 valence electrons. The first-order valence-corrected chi connectivity index (χ1v) is 7.32. The Bertz CT molecular complexity index is 396. The molecule has 0 aromatic heterocycles. The number of thioether (sulfide) groups is 1. The van der Waals surface area contributed by atoms with Crippen molar-refractivity contribution in [2.45, 2.75) is 24.3 Å². The van der Waals surface area contributed by atoms with E-state index in [1.165, 1.54) is 4.90 Å². The van der Waals surface area contributed by atoms with Crippen LogP contribution in [0.4, 0.5) is 0 Å². The van der Waals surface area contributed by atoms with Gasteiger partial charge >= 0.3 is 5.97 Å². The van der Waals surface area contributed by atoms with Gasteiger partial charge in [0.15, 0.2) is 0 Å². The number of benzene rings is 1. The van der Waals surface area contributed by atoms with Crippen LogP contribution >= 0.6 is 11.8 Å². The van der Waals surface area contributed by atoms with Gasteiger partial charge in [0.25, 0.3) is 0 Å². The molecule has 0 radical (unpaired) electrons. The SMILES string of the molecule is CC1CCN(CCSc2ccccc2)C1C(=O)O. The van der Waals surface area contributed by atoms with Gasteiger partial charge in [-0.1, -0.05) is 25.1 Å². The van der Waals surface area contributed by atoms with E-state index in [2.05, 4.69) is 17.0 Å². The van der Waals surface area contributed by atoms with E-state index < -0.39 is 5.97 Å². The lowest BCUT2D eigenvalue weighted by molar-refractivity contribution is -0.143. The van der Waals surface area contributed by atoms with Gasteiger partial charge in [-0.25, -0.2) is 0 Å². The van der Waals surface area contributed by atoms with Gasteiger partial charge in [0, 0.05) is 17.2 Å². The minimum Gasteiger partial charge on any atom is -0.480 e. The molecule has 1 aliphatic rings. The number of carboxylic acid groups (broad SMARTS) is 1. The van der Waals surface area contributed by atoms with Crippen LogP contribution in [0, 0.1) is 5.92 Å². The van der Waals surface area contributed by atoms with E-state index in [1.807, 2.05) is 25.1 Å². The van der Waals surface area contributed by atoms with E-state index >= 15 is 0 Å². The summed E-state index contributed by atoms with van der Waals surface area (Å²) in [7, 11) is 0. The Kier molecular flexibility index (Phi) is 4.66. The van der Waals surface area contributed by atoms with Gasteiger partial charge in [0.05, 0.1) is 0 Å². The van der Waals surface area contributed by atoms with Crippen LogP contribution in [-0.2, 0) is 4.79 Å². The number of nitrogens with zero attached hydrogens (tertiary/aromatic N) is 1. The van der Waals surface area contributed by atoms with Crippen molar-refractivity contribution in [2.24, 2.45) is 5.92 Å². The number of hydrogen-bond donors (Lipinski definition) is 1. The molecule has 1 saturated heterocycles. The van der Waals surface area contributed by atoms with E-state index in [9.17, 15) is 9.90 Å². The third kappa shape index (κ3) is 3.27. The lowest BCUT2D eigenvalue weighted by Crippen LogP contribution is -2.40. The van der Waals surface area contributed by atoms with Crippen LogP contribution in [0.3, 0.4) is 0 Å². The molecule has 0 bridgehead atoms. The van der Waals surface area contributed by atoms with E-state index in [0.29, 0.717) is 0 Å². The molecule has 1 heterocycles. The number of carboxylic acids is 1. The predicted molar refractivity (Wildman–Crippen MR) is 73.9 cm³/mol. The molecule has 0 saturated carbocycles. The maximum absolute atomic E-state index is 11.2. The molecular weight excluding hydrogens is 246 g/mol. The topological polar surface area (TPSA) is 40.5 Å². The van der Waals surface area contributed by atoms with Gasteiger partial charge in [0.2, 0.25) is 0 Å². The van der Waals surface area contributed by atoms with Crippen molar-refractivity contribution < 1.29 is 9.90 Å². The Morgan fingerprint density at radius 1 is 1.44 bits per heavy atom. The standard InChI is InChI=1S/C14H19NO2S/c1-11-7-8-15(13(11)14(16)17)9-10-18-12-5-3-2-4-6-12/h2-6,11,13H,7-10H2,1H3,(H,16,17). The minimum absolute atomic E-state index is 0.268. The minimum atomic E-state index is -0.676. The van der Waals surface area contributed by atoms with E-state index in [4.69, 9.17) is 0 Å². The Morgan fingerprint density at radius 3 is 2.83 bits per heavy atom. The molecule has 3 nitrogen and oxygen atoms in total. The normalized spacial score (nSPS) is 24.3. The molecule has 2 unspecified atom stereocenters. The zero-order valence-electron chi connectivity index (χ0n) is 10.6. The van der Waals surface area contributed by atoms with Crippen molar-refractivity contribution in [3.05, 3.63) is 30.3 Å². The smallest absolute Gasteiger partial charge is 0.321 e. The number of hydrogen-bond acceptors (Lipinski definition) is 3. The second-order valence-corrected chi connectivity index (χ2v) is 5.91. The van der Waals surface area contributed by atoms with Crippen LogP contribution in [0.1, 0.15) is 13.3 Å². The van der Waals surface area contributed by atoms with Crippen LogP contribution in [0.15, 0.2) is 35.2 Å². The van der Waals surface area contributed by atoms with Crippen LogP contribution in [-0.4, -0.2) is 40.9 Å². The maximum atomic E-state index is 11.2. The average molecular weight is 265 g/mol. The third-order valence-electron chi connectivity index (χ3n) is 3.45. The van der Waals surface area contributed by atoms with E-state index in [-0.39, 0.29) is 12.0 Å². The summed E-state index contributed by atoms with van der Waals surface area (Å²) in [5.41, 5.74) is 0. The summed E-state index contributed by atoms with van der Waals surface area (Å²) in [5.74, 6) is 0.537. The second kappa shape index (κ2) is 6.25. The number of carbonyl (C=O) groups is 1. The van der Waals surface area contributed by atoms with Crippen LogP contribution in [0.25, 0.3) is 0 Å². The molecule has 4 heteroatoms. The molecule has 1 aliphatic heterocycles. The molecule has 0 amide bonds. The highest BCUT2D eigenvalue weighted by Crippen LogP contribution is 2.25. The first kappa shape index (κ1) is 13.4. The Labute approximate surface area is 112 Å². The van der Waals surface area contributed by atoms with Gasteiger partial charge in [-0.05, 0) is 31.0 Å². The molecule has 2 atom stereocenters. The van der Waals surface area contributed by atoms with Gasteiger partial charge in [-0.3, -0.25) is 9.69 Å². The van der Waals surface area contributed by atoms with Gasteiger partial charge in [0.1, 0.15) is 6.04 Å². The fourth-order valence-electron chi connectivity index (χ4n) is 2.47. The predicted octanol–water partition coefficient (Wildman–Crippen LogP) is 2.57. The third-order valence-corrected chi connectivity index (χ3v) is 4.44. The van der Waals surface area contributed by atoms with Gasteiger partial charge in [-0.2, -0.15) is 0 Å². The molecule has 1 N–H and O–H groups in total. The van der Waals surface area contributed by atoms with Crippen LogP contribution in [0.2, 0.25) is 0 Å². The van der Waals surface area contributed by atoms with Crippen molar-refractivity contribution in [1.29, 1.82) is 0 Å². The fourth-order valence-corrected chi connectivity index (χ4v) is 3.39. The number of likely N-dealkylation sites (tertiary alicyclic amines) is 1.